The summed E-state index contributed by atoms with van der Waals surface area (Å²) >= 11 is 0. The molecule has 1 heterocycles. The Morgan fingerprint density at radius 1 is 0.933 bits per heavy atom. The molecule has 2 aromatic rings. The van der Waals surface area contributed by atoms with E-state index in [0.29, 0.717) is 51.5 Å². The molecule has 1 fully saturated rings. The summed E-state index contributed by atoms with van der Waals surface area (Å²) in [5, 5.41) is 0. The third-order valence-electron chi connectivity index (χ3n) is 5.39. The van der Waals surface area contributed by atoms with E-state index in [2.05, 4.69) is 24.3 Å². The molecule has 0 radical (unpaired) electrons. The molecule has 0 saturated carbocycles. The lowest BCUT2D eigenvalue weighted by molar-refractivity contribution is -0.138. The van der Waals surface area contributed by atoms with E-state index in [1.807, 2.05) is 55.1 Å². The van der Waals surface area contributed by atoms with Crippen LogP contribution in [0.25, 0.3) is 0 Å². The topological polar surface area (TPSA) is 49.9 Å². The van der Waals surface area contributed by atoms with Crippen molar-refractivity contribution in [3.05, 3.63) is 71.8 Å². The maximum Gasteiger partial charge on any atom is 0.409 e. The normalized spacial score (nSPS) is 14.6. The number of rotatable bonds is 7. The molecule has 0 aromatic heterocycles. The van der Waals surface area contributed by atoms with Crippen molar-refractivity contribution in [2.24, 2.45) is 11.8 Å². The lowest BCUT2D eigenvalue weighted by atomic mass is 9.95. The van der Waals surface area contributed by atoms with Gasteiger partial charge < -0.3 is 14.5 Å². The molecule has 160 valence electrons. The van der Waals surface area contributed by atoms with Crippen molar-refractivity contribution in [2.75, 3.05) is 19.7 Å². The van der Waals surface area contributed by atoms with Crippen LogP contribution in [0.1, 0.15) is 37.8 Å². The van der Waals surface area contributed by atoms with Gasteiger partial charge in [0.25, 0.3) is 0 Å². The van der Waals surface area contributed by atoms with Crippen LogP contribution in [-0.2, 0) is 22.6 Å². The van der Waals surface area contributed by atoms with Crippen molar-refractivity contribution < 1.29 is 14.3 Å². The van der Waals surface area contributed by atoms with E-state index < -0.39 is 0 Å². The Hall–Kier alpha value is -2.82. The van der Waals surface area contributed by atoms with Crippen LogP contribution >= 0.6 is 0 Å². The van der Waals surface area contributed by atoms with Gasteiger partial charge in [-0.1, -0.05) is 74.5 Å². The molecular formula is C25H32N2O3. The summed E-state index contributed by atoms with van der Waals surface area (Å²) in [6.45, 7) is 6.78. The van der Waals surface area contributed by atoms with Crippen LogP contribution in [0.3, 0.4) is 0 Å². The number of likely N-dealkylation sites (tertiary alicyclic amines) is 1. The molecule has 0 spiro atoms. The lowest BCUT2D eigenvalue weighted by Crippen LogP contribution is -2.44. The Morgan fingerprint density at radius 3 is 1.90 bits per heavy atom. The van der Waals surface area contributed by atoms with Crippen molar-refractivity contribution in [3.63, 3.8) is 0 Å². The third-order valence-corrected chi connectivity index (χ3v) is 5.39. The van der Waals surface area contributed by atoms with Crippen LogP contribution in [0.15, 0.2) is 60.7 Å². The Morgan fingerprint density at radius 2 is 1.43 bits per heavy atom. The zero-order valence-corrected chi connectivity index (χ0v) is 18.0. The first-order chi connectivity index (χ1) is 14.5. The van der Waals surface area contributed by atoms with Gasteiger partial charge in [0.1, 0.15) is 0 Å². The molecule has 0 unspecified atom stereocenters. The first-order valence-corrected chi connectivity index (χ1v) is 10.8. The van der Waals surface area contributed by atoms with E-state index in [-0.39, 0.29) is 17.9 Å². The molecule has 2 amide bonds. The molecule has 2 aromatic carbocycles. The number of benzene rings is 2. The van der Waals surface area contributed by atoms with Crippen LogP contribution in [0.2, 0.25) is 0 Å². The minimum atomic E-state index is -0.264. The Kier molecular flexibility index (Phi) is 7.89. The van der Waals surface area contributed by atoms with Crippen molar-refractivity contribution in [2.45, 2.75) is 39.8 Å². The third kappa shape index (κ3) is 6.34. The predicted octanol–water partition coefficient (Wildman–Crippen LogP) is 4.72. The quantitative estimate of drug-likeness (QED) is 0.666. The number of hydrogen-bond acceptors (Lipinski definition) is 3. The van der Waals surface area contributed by atoms with Gasteiger partial charge in [-0.25, -0.2) is 4.79 Å². The second-order valence-corrected chi connectivity index (χ2v) is 8.40. The van der Waals surface area contributed by atoms with Gasteiger partial charge in [0.05, 0.1) is 6.61 Å². The molecule has 1 saturated heterocycles. The van der Waals surface area contributed by atoms with Gasteiger partial charge in [0.2, 0.25) is 5.91 Å². The fourth-order valence-corrected chi connectivity index (χ4v) is 3.72. The van der Waals surface area contributed by atoms with Crippen molar-refractivity contribution >= 4 is 12.0 Å². The maximum atomic E-state index is 13.4. The van der Waals surface area contributed by atoms with E-state index >= 15 is 0 Å². The molecule has 0 aliphatic carbocycles. The number of carbonyl (C=O) groups is 2. The molecular weight excluding hydrogens is 376 g/mol. The largest absolute Gasteiger partial charge is 0.449 e. The molecule has 0 bridgehead atoms. The van der Waals surface area contributed by atoms with Gasteiger partial charge >= 0.3 is 6.09 Å². The SMILES string of the molecule is CC(C)COC(=O)N1CCC(C(=O)N(Cc2ccccc2)Cc2ccccc2)CC1. The Labute approximate surface area is 179 Å². The highest BCUT2D eigenvalue weighted by Gasteiger charge is 2.31. The second kappa shape index (κ2) is 10.8. The van der Waals surface area contributed by atoms with E-state index in [1.165, 1.54) is 0 Å². The van der Waals surface area contributed by atoms with Gasteiger partial charge in [0.15, 0.2) is 0 Å². The average molecular weight is 409 g/mol. The number of piperidine rings is 1. The van der Waals surface area contributed by atoms with Crippen LogP contribution in [0.4, 0.5) is 4.79 Å². The van der Waals surface area contributed by atoms with Crippen molar-refractivity contribution in [1.82, 2.24) is 9.80 Å². The zero-order valence-electron chi connectivity index (χ0n) is 18.0. The van der Waals surface area contributed by atoms with Gasteiger partial charge in [-0.3, -0.25) is 4.79 Å². The number of carbonyl (C=O) groups excluding carboxylic acids is 2. The second-order valence-electron chi connectivity index (χ2n) is 8.40. The number of ether oxygens (including phenoxy) is 1. The van der Waals surface area contributed by atoms with Gasteiger partial charge in [-0.05, 0) is 29.9 Å². The van der Waals surface area contributed by atoms with Crippen LogP contribution in [0, 0.1) is 11.8 Å². The maximum absolute atomic E-state index is 13.4. The summed E-state index contributed by atoms with van der Waals surface area (Å²) < 4.78 is 5.34. The summed E-state index contributed by atoms with van der Waals surface area (Å²) in [4.78, 5) is 29.3. The monoisotopic (exact) mass is 408 g/mol. The molecule has 3 rings (SSSR count). The van der Waals surface area contributed by atoms with Crippen LogP contribution in [0.5, 0.6) is 0 Å². The first kappa shape index (κ1) is 21.9. The zero-order chi connectivity index (χ0) is 21.3. The Bertz CT molecular complexity index is 758. The fourth-order valence-electron chi connectivity index (χ4n) is 3.72. The lowest BCUT2D eigenvalue weighted by Gasteiger charge is -2.34. The highest BCUT2D eigenvalue weighted by molar-refractivity contribution is 5.79. The summed E-state index contributed by atoms with van der Waals surface area (Å²) in [5.74, 6) is 0.419. The molecule has 5 nitrogen and oxygen atoms in total. The van der Waals surface area contributed by atoms with Crippen molar-refractivity contribution in [1.29, 1.82) is 0 Å². The fraction of sp³-hybridized carbons (Fsp3) is 0.440. The molecule has 30 heavy (non-hydrogen) atoms. The minimum absolute atomic E-state index is 0.0634. The summed E-state index contributed by atoms with van der Waals surface area (Å²) in [5.41, 5.74) is 2.24. The van der Waals surface area contributed by atoms with E-state index in [0.717, 1.165) is 11.1 Å². The predicted molar refractivity (Wildman–Crippen MR) is 118 cm³/mol. The van der Waals surface area contributed by atoms with E-state index in [9.17, 15) is 9.59 Å². The number of nitrogens with zero attached hydrogens (tertiary/aromatic N) is 2. The molecule has 0 atom stereocenters. The van der Waals surface area contributed by atoms with Gasteiger partial charge in [-0.15, -0.1) is 0 Å². The van der Waals surface area contributed by atoms with Gasteiger partial charge in [-0.2, -0.15) is 0 Å². The van der Waals surface area contributed by atoms with E-state index in [4.69, 9.17) is 4.74 Å². The first-order valence-electron chi connectivity index (χ1n) is 10.8. The minimum Gasteiger partial charge on any atom is -0.449 e. The van der Waals surface area contributed by atoms with E-state index in [1.54, 1.807) is 4.90 Å². The molecule has 1 aliphatic rings. The summed E-state index contributed by atoms with van der Waals surface area (Å²) in [7, 11) is 0. The molecule has 5 heteroatoms. The number of hydrogen-bond donors (Lipinski definition) is 0. The highest BCUT2D eigenvalue weighted by atomic mass is 16.6. The number of amides is 2. The summed E-state index contributed by atoms with van der Waals surface area (Å²) in [6.07, 6.45) is 1.09. The standard InChI is InChI=1S/C25H32N2O3/c1-20(2)19-30-25(29)26-15-13-23(14-16-26)24(28)27(17-21-9-5-3-6-10-21)18-22-11-7-4-8-12-22/h3-12,20,23H,13-19H2,1-2H3. The Balaban J connectivity index is 1.62. The average Bonchev–Trinajstić information content (AvgIpc) is 2.78. The summed E-state index contributed by atoms with van der Waals surface area (Å²) in [6, 6.07) is 20.2. The molecule has 1 aliphatic heterocycles. The van der Waals surface area contributed by atoms with Crippen LogP contribution < -0.4 is 0 Å². The highest BCUT2D eigenvalue weighted by Crippen LogP contribution is 2.23. The van der Waals surface area contributed by atoms with Crippen molar-refractivity contribution in [3.8, 4) is 0 Å². The van der Waals surface area contributed by atoms with Gasteiger partial charge in [0, 0.05) is 32.1 Å². The molecule has 0 N–H and O–H groups in total. The smallest absolute Gasteiger partial charge is 0.409 e. The van der Waals surface area contributed by atoms with Crippen LogP contribution in [-0.4, -0.2) is 41.5 Å².